The molecule has 0 bridgehead atoms. The summed E-state index contributed by atoms with van der Waals surface area (Å²) in [7, 11) is 0. The van der Waals surface area contributed by atoms with Crippen molar-refractivity contribution in [3.63, 3.8) is 0 Å². The van der Waals surface area contributed by atoms with Gasteiger partial charge >= 0.3 is 0 Å². The van der Waals surface area contributed by atoms with Gasteiger partial charge in [-0.1, -0.05) is 29.6 Å². The molecule has 2 nitrogen and oxygen atoms in total. The van der Waals surface area contributed by atoms with Gasteiger partial charge in [-0.05, 0) is 49.6 Å². The lowest BCUT2D eigenvalue weighted by Gasteiger charge is -2.35. The molecule has 0 aromatic heterocycles. The summed E-state index contributed by atoms with van der Waals surface area (Å²) < 4.78 is 0. The van der Waals surface area contributed by atoms with Crippen LogP contribution in [0.1, 0.15) is 31.2 Å². The second kappa shape index (κ2) is 6.76. The third kappa shape index (κ3) is 3.61. The molecule has 1 aliphatic rings. The van der Waals surface area contributed by atoms with Gasteiger partial charge < -0.3 is 5.11 Å². The van der Waals surface area contributed by atoms with Crippen molar-refractivity contribution < 1.29 is 5.11 Å². The van der Waals surface area contributed by atoms with E-state index in [0.717, 1.165) is 35.1 Å². The average Bonchev–Trinajstić information content (AvgIpc) is 2.36. The van der Waals surface area contributed by atoms with Crippen LogP contribution in [0, 0.1) is 0 Å². The van der Waals surface area contributed by atoms with Gasteiger partial charge in [0.1, 0.15) is 0 Å². The summed E-state index contributed by atoms with van der Waals surface area (Å²) in [6.07, 6.45) is 4.49. The first kappa shape index (κ1) is 14.1. The summed E-state index contributed by atoms with van der Waals surface area (Å²) >= 11 is 12.2. The van der Waals surface area contributed by atoms with Gasteiger partial charge in [-0.15, -0.1) is 0 Å². The number of aliphatic hydroxyl groups is 1. The third-order valence-electron chi connectivity index (χ3n) is 3.59. The van der Waals surface area contributed by atoms with Gasteiger partial charge in [-0.3, -0.25) is 4.90 Å². The molecule has 18 heavy (non-hydrogen) atoms. The van der Waals surface area contributed by atoms with Crippen molar-refractivity contribution in [2.24, 2.45) is 0 Å². The van der Waals surface area contributed by atoms with E-state index in [1.165, 1.54) is 19.3 Å². The number of likely N-dealkylation sites (tertiary alicyclic amines) is 1. The van der Waals surface area contributed by atoms with E-state index >= 15 is 0 Å². The van der Waals surface area contributed by atoms with Gasteiger partial charge in [0.25, 0.3) is 0 Å². The number of hydrogen-bond donors (Lipinski definition) is 1. The summed E-state index contributed by atoms with van der Waals surface area (Å²) in [6, 6.07) is 6.08. The van der Waals surface area contributed by atoms with Crippen molar-refractivity contribution in [3.05, 3.63) is 33.8 Å². The van der Waals surface area contributed by atoms with Gasteiger partial charge in [0.2, 0.25) is 0 Å². The quantitative estimate of drug-likeness (QED) is 0.912. The zero-order valence-electron chi connectivity index (χ0n) is 10.4. The largest absolute Gasteiger partial charge is 0.396 e. The number of rotatable bonds is 4. The van der Waals surface area contributed by atoms with Crippen molar-refractivity contribution >= 4 is 23.2 Å². The second-order valence-electron chi connectivity index (χ2n) is 4.87. The predicted molar refractivity (Wildman–Crippen MR) is 76.2 cm³/mol. The first-order valence-electron chi connectivity index (χ1n) is 6.49. The lowest BCUT2D eigenvalue weighted by Crippen LogP contribution is -2.39. The molecule has 1 N–H and O–H groups in total. The molecule has 1 aromatic carbocycles. The van der Waals surface area contributed by atoms with Gasteiger partial charge in [-0.2, -0.15) is 0 Å². The van der Waals surface area contributed by atoms with Crippen LogP contribution in [0.3, 0.4) is 0 Å². The predicted octanol–water partition coefficient (Wildman–Crippen LogP) is 3.73. The van der Waals surface area contributed by atoms with Crippen LogP contribution in [0.5, 0.6) is 0 Å². The monoisotopic (exact) mass is 287 g/mol. The molecular formula is C14H19Cl2NO. The van der Waals surface area contributed by atoms with Crippen molar-refractivity contribution in [1.29, 1.82) is 0 Å². The number of piperidine rings is 1. The number of benzene rings is 1. The fourth-order valence-electron chi connectivity index (χ4n) is 2.63. The normalized spacial score (nSPS) is 21.2. The molecule has 1 heterocycles. The Kier molecular flexibility index (Phi) is 5.31. The highest BCUT2D eigenvalue weighted by Gasteiger charge is 2.22. The first-order valence-corrected chi connectivity index (χ1v) is 7.25. The van der Waals surface area contributed by atoms with E-state index in [9.17, 15) is 0 Å². The molecule has 1 aliphatic heterocycles. The maximum Gasteiger partial charge on any atom is 0.0452 e. The Morgan fingerprint density at radius 3 is 2.89 bits per heavy atom. The van der Waals surface area contributed by atoms with Crippen LogP contribution in [-0.4, -0.2) is 29.2 Å². The number of nitrogens with zero attached hydrogens (tertiary/aromatic N) is 1. The molecule has 2 rings (SSSR count). The zero-order chi connectivity index (χ0) is 13.0. The van der Waals surface area contributed by atoms with Crippen LogP contribution >= 0.6 is 23.2 Å². The molecule has 1 unspecified atom stereocenters. The van der Waals surface area contributed by atoms with Crippen LogP contribution in [0.25, 0.3) is 0 Å². The third-order valence-corrected chi connectivity index (χ3v) is 4.20. The SMILES string of the molecule is OCCC1CCCCN1Cc1cc(Cl)ccc1Cl. The zero-order valence-corrected chi connectivity index (χ0v) is 11.9. The molecule has 1 saturated heterocycles. The molecule has 0 amide bonds. The summed E-state index contributed by atoms with van der Waals surface area (Å²) in [5.41, 5.74) is 1.08. The van der Waals surface area contributed by atoms with Crippen molar-refractivity contribution in [2.45, 2.75) is 38.3 Å². The smallest absolute Gasteiger partial charge is 0.0452 e. The van der Waals surface area contributed by atoms with E-state index < -0.39 is 0 Å². The summed E-state index contributed by atoms with van der Waals surface area (Å²) in [4.78, 5) is 2.41. The minimum Gasteiger partial charge on any atom is -0.396 e. The van der Waals surface area contributed by atoms with Gasteiger partial charge in [-0.25, -0.2) is 0 Å². The first-order chi connectivity index (χ1) is 8.70. The minimum atomic E-state index is 0.254. The minimum absolute atomic E-state index is 0.254. The van der Waals surface area contributed by atoms with Crippen molar-refractivity contribution in [1.82, 2.24) is 4.90 Å². The highest BCUT2D eigenvalue weighted by atomic mass is 35.5. The molecule has 100 valence electrons. The molecule has 1 fully saturated rings. The molecule has 1 aromatic rings. The van der Waals surface area contributed by atoms with E-state index in [0.29, 0.717) is 6.04 Å². The van der Waals surface area contributed by atoms with Crippen molar-refractivity contribution in [3.8, 4) is 0 Å². The average molecular weight is 288 g/mol. The molecule has 1 atom stereocenters. The van der Waals surface area contributed by atoms with Gasteiger partial charge in [0.15, 0.2) is 0 Å². The highest BCUT2D eigenvalue weighted by Crippen LogP contribution is 2.26. The Labute approximate surface area is 119 Å². The standard InChI is InChI=1S/C14H19Cl2NO/c15-12-4-5-14(16)11(9-12)10-17-7-2-1-3-13(17)6-8-18/h4-5,9,13,18H,1-3,6-8,10H2. The Bertz CT molecular complexity index is 395. The van der Waals surface area contributed by atoms with Crippen molar-refractivity contribution in [2.75, 3.05) is 13.2 Å². The molecule has 0 aliphatic carbocycles. The molecule has 0 saturated carbocycles. The van der Waals surface area contributed by atoms with E-state index in [1.54, 1.807) is 0 Å². The molecular weight excluding hydrogens is 269 g/mol. The topological polar surface area (TPSA) is 23.5 Å². The van der Waals surface area contributed by atoms with Crippen LogP contribution in [-0.2, 0) is 6.54 Å². The van der Waals surface area contributed by atoms with E-state index in [2.05, 4.69) is 4.90 Å². The summed E-state index contributed by atoms with van der Waals surface area (Å²) in [5.74, 6) is 0. The number of hydrogen-bond acceptors (Lipinski definition) is 2. The lowest BCUT2D eigenvalue weighted by molar-refractivity contribution is 0.112. The van der Waals surface area contributed by atoms with Gasteiger partial charge in [0.05, 0.1) is 0 Å². The van der Waals surface area contributed by atoms with E-state index in [-0.39, 0.29) is 6.61 Å². The Morgan fingerprint density at radius 2 is 2.11 bits per heavy atom. The summed E-state index contributed by atoms with van der Waals surface area (Å²) in [6.45, 7) is 2.15. The lowest BCUT2D eigenvalue weighted by atomic mass is 9.99. The van der Waals surface area contributed by atoms with Gasteiger partial charge in [0, 0.05) is 29.2 Å². The summed E-state index contributed by atoms with van der Waals surface area (Å²) in [5, 5.41) is 10.6. The number of halogens is 2. The van der Waals surface area contributed by atoms with E-state index in [4.69, 9.17) is 28.3 Å². The van der Waals surface area contributed by atoms with Crippen LogP contribution in [0.2, 0.25) is 10.0 Å². The molecule has 0 spiro atoms. The Balaban J connectivity index is 2.08. The fourth-order valence-corrected chi connectivity index (χ4v) is 3.00. The Hall–Kier alpha value is -0.280. The fraction of sp³-hybridized carbons (Fsp3) is 0.571. The molecule has 4 heteroatoms. The maximum absolute atomic E-state index is 9.13. The van der Waals surface area contributed by atoms with Crippen LogP contribution in [0.15, 0.2) is 18.2 Å². The van der Waals surface area contributed by atoms with E-state index in [1.807, 2.05) is 18.2 Å². The number of aliphatic hydroxyl groups excluding tert-OH is 1. The second-order valence-corrected chi connectivity index (χ2v) is 5.71. The molecule has 0 radical (unpaired) electrons. The van der Waals surface area contributed by atoms with Crippen LogP contribution < -0.4 is 0 Å². The Morgan fingerprint density at radius 1 is 1.28 bits per heavy atom. The maximum atomic E-state index is 9.13. The van der Waals surface area contributed by atoms with Crippen LogP contribution in [0.4, 0.5) is 0 Å². The highest BCUT2D eigenvalue weighted by molar-refractivity contribution is 6.33.